The minimum absolute atomic E-state index is 0.0884. The van der Waals surface area contributed by atoms with E-state index < -0.39 is 10.0 Å². The molecule has 0 radical (unpaired) electrons. The molecule has 0 aliphatic carbocycles. The predicted octanol–water partition coefficient (Wildman–Crippen LogP) is 1.49. The van der Waals surface area contributed by atoms with E-state index >= 15 is 0 Å². The summed E-state index contributed by atoms with van der Waals surface area (Å²) in [7, 11) is -3.26. The van der Waals surface area contributed by atoms with Crippen molar-refractivity contribution < 1.29 is 17.9 Å². The Morgan fingerprint density at radius 3 is 2.43 bits per heavy atom. The molecule has 0 heterocycles. The average molecular weight is 342 g/mol. The van der Waals surface area contributed by atoms with E-state index in [9.17, 15) is 13.2 Å². The van der Waals surface area contributed by atoms with Gasteiger partial charge in [-0.2, -0.15) is 0 Å². The summed E-state index contributed by atoms with van der Waals surface area (Å²) in [6, 6.07) is 9.05. The number of nitrogens with zero attached hydrogens (tertiary/aromatic N) is 1. The van der Waals surface area contributed by atoms with Crippen LogP contribution >= 0.6 is 0 Å². The monoisotopic (exact) mass is 342 g/mol. The van der Waals surface area contributed by atoms with Crippen molar-refractivity contribution in [3.05, 3.63) is 30.3 Å². The number of para-hydroxylation sites is 1. The van der Waals surface area contributed by atoms with Crippen molar-refractivity contribution in [2.45, 2.75) is 20.3 Å². The van der Waals surface area contributed by atoms with Crippen LogP contribution in [0.1, 0.15) is 20.3 Å². The molecule has 1 amide bonds. The Labute approximate surface area is 138 Å². The molecule has 6 nitrogen and oxygen atoms in total. The van der Waals surface area contributed by atoms with E-state index in [0.29, 0.717) is 18.2 Å². The highest BCUT2D eigenvalue weighted by atomic mass is 32.2. The topological polar surface area (TPSA) is 75.7 Å². The molecule has 1 rings (SSSR count). The lowest BCUT2D eigenvalue weighted by molar-refractivity contribution is -0.123. The fraction of sp³-hybridized carbons (Fsp3) is 0.562. The molecule has 130 valence electrons. The van der Waals surface area contributed by atoms with Crippen molar-refractivity contribution in [2.75, 3.05) is 32.5 Å². The third kappa shape index (κ3) is 8.56. The quantitative estimate of drug-likeness (QED) is 0.699. The number of benzene rings is 1. The summed E-state index contributed by atoms with van der Waals surface area (Å²) in [5.41, 5.74) is 0. The minimum atomic E-state index is -3.26. The number of hydrogen-bond acceptors (Lipinski definition) is 4. The maximum absolute atomic E-state index is 11.7. The van der Waals surface area contributed by atoms with Crippen molar-refractivity contribution in [1.82, 2.24) is 9.62 Å². The number of sulfonamides is 1. The molecule has 0 atom stereocenters. The summed E-state index contributed by atoms with van der Waals surface area (Å²) < 4.78 is 30.2. The third-order valence-corrected chi connectivity index (χ3v) is 4.52. The van der Waals surface area contributed by atoms with Gasteiger partial charge in [0.1, 0.15) is 5.75 Å². The molecule has 1 N–H and O–H groups in total. The third-order valence-electron chi connectivity index (χ3n) is 3.22. The normalized spacial score (nSPS) is 11.7. The van der Waals surface area contributed by atoms with Gasteiger partial charge in [-0.1, -0.05) is 32.0 Å². The van der Waals surface area contributed by atoms with Gasteiger partial charge in [0.05, 0.1) is 6.26 Å². The highest BCUT2D eigenvalue weighted by Crippen LogP contribution is 2.07. The number of rotatable bonds is 10. The maximum Gasteiger partial charge on any atom is 0.257 e. The van der Waals surface area contributed by atoms with Crippen LogP contribution in [-0.4, -0.2) is 51.1 Å². The molecule has 0 aliphatic rings. The first-order chi connectivity index (χ1) is 10.8. The van der Waals surface area contributed by atoms with E-state index in [1.54, 1.807) is 12.1 Å². The van der Waals surface area contributed by atoms with Crippen LogP contribution < -0.4 is 10.1 Å². The maximum atomic E-state index is 11.7. The molecule has 0 saturated carbocycles. The fourth-order valence-corrected chi connectivity index (χ4v) is 2.74. The molecule has 0 bridgehead atoms. The molecule has 0 spiro atoms. The van der Waals surface area contributed by atoms with Crippen molar-refractivity contribution in [3.63, 3.8) is 0 Å². The zero-order valence-electron chi connectivity index (χ0n) is 14.0. The summed E-state index contributed by atoms with van der Waals surface area (Å²) in [6.07, 6.45) is 1.98. The van der Waals surface area contributed by atoms with Crippen molar-refractivity contribution in [2.24, 2.45) is 5.92 Å². The number of amides is 1. The zero-order valence-corrected chi connectivity index (χ0v) is 14.8. The van der Waals surface area contributed by atoms with Crippen molar-refractivity contribution >= 4 is 15.9 Å². The van der Waals surface area contributed by atoms with Gasteiger partial charge in [0.2, 0.25) is 10.0 Å². The average Bonchev–Trinajstić information content (AvgIpc) is 2.48. The second kappa shape index (κ2) is 9.52. The summed E-state index contributed by atoms with van der Waals surface area (Å²) in [5.74, 6) is 0.775. The van der Waals surface area contributed by atoms with Crippen LogP contribution in [0, 0.1) is 5.92 Å². The molecule has 0 unspecified atom stereocenters. The van der Waals surface area contributed by atoms with Gasteiger partial charge >= 0.3 is 0 Å². The van der Waals surface area contributed by atoms with Gasteiger partial charge in [-0.15, -0.1) is 0 Å². The first-order valence-corrected chi connectivity index (χ1v) is 9.53. The second-order valence-corrected chi connectivity index (χ2v) is 7.78. The summed E-state index contributed by atoms with van der Waals surface area (Å²) in [4.78, 5) is 11.7. The molecular formula is C16H26N2O4S. The lowest BCUT2D eigenvalue weighted by Gasteiger charge is -2.21. The molecule has 1 aromatic carbocycles. The van der Waals surface area contributed by atoms with Gasteiger partial charge < -0.3 is 10.1 Å². The van der Waals surface area contributed by atoms with E-state index in [1.807, 2.05) is 32.0 Å². The van der Waals surface area contributed by atoms with Crippen LogP contribution in [0.25, 0.3) is 0 Å². The highest BCUT2D eigenvalue weighted by Gasteiger charge is 2.16. The molecule has 1 aromatic rings. The summed E-state index contributed by atoms with van der Waals surface area (Å²) in [6.45, 7) is 5.00. The zero-order chi connectivity index (χ0) is 17.3. The predicted molar refractivity (Wildman–Crippen MR) is 90.8 cm³/mol. The number of nitrogens with one attached hydrogen (secondary N) is 1. The van der Waals surface area contributed by atoms with E-state index in [1.165, 1.54) is 10.6 Å². The van der Waals surface area contributed by atoms with Crippen LogP contribution in [0.3, 0.4) is 0 Å². The first-order valence-electron chi connectivity index (χ1n) is 7.68. The number of carbonyl (C=O) groups is 1. The van der Waals surface area contributed by atoms with Gasteiger partial charge in [-0.25, -0.2) is 12.7 Å². The largest absolute Gasteiger partial charge is 0.484 e. The molecular weight excluding hydrogens is 316 g/mol. The Bertz CT molecular complexity index is 573. The SMILES string of the molecule is CC(C)CCN(CCNC(=O)COc1ccccc1)S(C)(=O)=O. The minimum Gasteiger partial charge on any atom is -0.484 e. The lowest BCUT2D eigenvalue weighted by atomic mass is 10.1. The van der Waals surface area contributed by atoms with Crippen LogP contribution in [0.2, 0.25) is 0 Å². The van der Waals surface area contributed by atoms with E-state index in [-0.39, 0.29) is 25.6 Å². The highest BCUT2D eigenvalue weighted by molar-refractivity contribution is 7.88. The lowest BCUT2D eigenvalue weighted by Crippen LogP contribution is -2.40. The second-order valence-electron chi connectivity index (χ2n) is 5.80. The van der Waals surface area contributed by atoms with Crippen LogP contribution in [-0.2, 0) is 14.8 Å². The van der Waals surface area contributed by atoms with Gasteiger partial charge in [0.25, 0.3) is 5.91 Å². The van der Waals surface area contributed by atoms with E-state index in [4.69, 9.17) is 4.74 Å². The van der Waals surface area contributed by atoms with Crippen LogP contribution in [0.15, 0.2) is 30.3 Å². The van der Waals surface area contributed by atoms with Crippen molar-refractivity contribution in [1.29, 1.82) is 0 Å². The van der Waals surface area contributed by atoms with Crippen LogP contribution in [0.5, 0.6) is 5.75 Å². The molecule has 23 heavy (non-hydrogen) atoms. The van der Waals surface area contributed by atoms with Gasteiger partial charge in [0, 0.05) is 19.6 Å². The number of ether oxygens (including phenoxy) is 1. The smallest absolute Gasteiger partial charge is 0.257 e. The Morgan fingerprint density at radius 2 is 1.87 bits per heavy atom. The molecule has 0 aromatic heterocycles. The summed E-state index contributed by atoms with van der Waals surface area (Å²) in [5, 5.41) is 2.67. The standard InChI is InChI=1S/C16H26N2O4S/c1-14(2)9-11-18(23(3,20)21)12-10-17-16(19)13-22-15-7-5-4-6-8-15/h4-8,14H,9-13H2,1-3H3,(H,17,19). The summed E-state index contributed by atoms with van der Waals surface area (Å²) >= 11 is 0. The fourth-order valence-electron chi connectivity index (χ4n) is 1.88. The van der Waals surface area contributed by atoms with Gasteiger partial charge in [-0.3, -0.25) is 4.79 Å². The molecule has 0 aliphatic heterocycles. The molecule has 7 heteroatoms. The number of hydrogen-bond donors (Lipinski definition) is 1. The Morgan fingerprint density at radius 1 is 1.22 bits per heavy atom. The molecule has 0 fully saturated rings. The Kier molecular flexibility index (Phi) is 8.05. The van der Waals surface area contributed by atoms with Crippen molar-refractivity contribution in [3.8, 4) is 5.75 Å². The van der Waals surface area contributed by atoms with Gasteiger partial charge in [0.15, 0.2) is 6.61 Å². The van der Waals surface area contributed by atoms with E-state index in [2.05, 4.69) is 5.32 Å². The Hall–Kier alpha value is -1.60. The first kappa shape index (κ1) is 19.4. The van der Waals surface area contributed by atoms with Gasteiger partial charge in [-0.05, 0) is 24.5 Å². The molecule has 0 saturated heterocycles. The Balaban J connectivity index is 2.33. The number of carbonyl (C=O) groups excluding carboxylic acids is 1. The van der Waals surface area contributed by atoms with E-state index in [0.717, 1.165) is 6.42 Å². The van der Waals surface area contributed by atoms with Crippen LogP contribution in [0.4, 0.5) is 0 Å².